The third-order valence-corrected chi connectivity index (χ3v) is 4.25. The topological polar surface area (TPSA) is 44.7 Å². The molecule has 0 aromatic heterocycles. The molecule has 20 heavy (non-hydrogen) atoms. The Kier molecular flexibility index (Phi) is 4.95. The summed E-state index contributed by atoms with van der Waals surface area (Å²) >= 11 is 9.81. The van der Waals surface area contributed by atoms with Gasteiger partial charge in [0.25, 0.3) is 5.91 Å². The first kappa shape index (κ1) is 15.2. The molecule has 0 atom stereocenters. The Morgan fingerprint density at radius 2 is 2.40 bits per heavy atom. The summed E-state index contributed by atoms with van der Waals surface area (Å²) in [4.78, 5) is 14.0. The number of thiocarbonyl (C=S) groups is 1. The van der Waals surface area contributed by atoms with Crippen LogP contribution in [0.1, 0.15) is 5.56 Å². The van der Waals surface area contributed by atoms with Crippen molar-refractivity contribution in [2.45, 2.75) is 0 Å². The minimum Gasteiger partial charge on any atom is -0.302 e. The lowest BCUT2D eigenvalue weighted by Gasteiger charge is -2.13. The number of amides is 1. The molecule has 1 aromatic rings. The second-order valence-electron chi connectivity index (χ2n) is 3.93. The lowest BCUT2D eigenvalue weighted by atomic mass is 10.1. The maximum absolute atomic E-state index is 12.4. The molecule has 0 unspecified atom stereocenters. The van der Waals surface area contributed by atoms with Crippen LogP contribution in [0.5, 0.6) is 0 Å². The van der Waals surface area contributed by atoms with Crippen LogP contribution in [-0.4, -0.2) is 28.7 Å². The van der Waals surface area contributed by atoms with Gasteiger partial charge in [-0.3, -0.25) is 10.2 Å². The number of benzene rings is 1. The standard InChI is InChI=1S/C13H12BrN3OS2/c1-3-6-17-10-5-4-8(14)7-9(10)11(12(17)18)15-16-13(19)20-2/h3-5,7H,1,6H2,2H3,(H,16,19). The summed E-state index contributed by atoms with van der Waals surface area (Å²) in [6, 6.07) is 5.65. The van der Waals surface area contributed by atoms with Gasteiger partial charge < -0.3 is 4.90 Å². The lowest BCUT2D eigenvalue weighted by Crippen LogP contribution is -2.31. The number of hydrogen-bond acceptors (Lipinski definition) is 4. The number of rotatable bonds is 3. The number of hydrazone groups is 1. The van der Waals surface area contributed by atoms with E-state index < -0.39 is 0 Å². The highest BCUT2D eigenvalue weighted by molar-refractivity contribution is 9.10. The van der Waals surface area contributed by atoms with Crippen molar-refractivity contribution in [2.24, 2.45) is 5.10 Å². The van der Waals surface area contributed by atoms with E-state index in [1.54, 1.807) is 11.0 Å². The van der Waals surface area contributed by atoms with E-state index in [9.17, 15) is 4.79 Å². The largest absolute Gasteiger partial charge is 0.302 e. The number of nitrogens with one attached hydrogen (secondary N) is 1. The van der Waals surface area contributed by atoms with Crippen LogP contribution in [-0.2, 0) is 4.79 Å². The Labute approximate surface area is 135 Å². The molecule has 0 fully saturated rings. The Morgan fingerprint density at radius 3 is 3.05 bits per heavy atom. The van der Waals surface area contributed by atoms with Crippen molar-refractivity contribution in [1.29, 1.82) is 0 Å². The molecule has 4 nitrogen and oxygen atoms in total. The van der Waals surface area contributed by atoms with Crippen LogP contribution in [0.25, 0.3) is 0 Å². The maximum atomic E-state index is 12.4. The smallest absolute Gasteiger partial charge is 0.279 e. The van der Waals surface area contributed by atoms with Gasteiger partial charge in [0.15, 0.2) is 10.0 Å². The summed E-state index contributed by atoms with van der Waals surface area (Å²) < 4.78 is 1.41. The molecule has 1 N–H and O–H groups in total. The first-order chi connectivity index (χ1) is 9.58. The van der Waals surface area contributed by atoms with Crippen LogP contribution in [0.15, 0.2) is 40.4 Å². The van der Waals surface area contributed by atoms with E-state index in [1.807, 2.05) is 24.5 Å². The fraction of sp³-hybridized carbons (Fsp3) is 0.154. The lowest BCUT2D eigenvalue weighted by molar-refractivity contribution is -0.112. The monoisotopic (exact) mass is 369 g/mol. The molecule has 0 bridgehead atoms. The first-order valence-electron chi connectivity index (χ1n) is 5.72. The van der Waals surface area contributed by atoms with Gasteiger partial charge in [-0.05, 0) is 24.5 Å². The van der Waals surface area contributed by atoms with Gasteiger partial charge in [0, 0.05) is 16.6 Å². The Morgan fingerprint density at radius 1 is 1.65 bits per heavy atom. The minimum atomic E-state index is -0.158. The summed E-state index contributed by atoms with van der Waals surface area (Å²) in [5, 5.41) is 4.15. The van der Waals surface area contributed by atoms with E-state index in [-0.39, 0.29) is 5.91 Å². The molecule has 1 amide bonds. The number of carbonyl (C=O) groups is 1. The van der Waals surface area contributed by atoms with Gasteiger partial charge in [-0.2, -0.15) is 5.10 Å². The van der Waals surface area contributed by atoms with E-state index in [2.05, 4.69) is 33.0 Å². The number of hydrogen-bond donors (Lipinski definition) is 1. The molecule has 1 aromatic carbocycles. The van der Waals surface area contributed by atoms with Crippen molar-refractivity contribution in [3.05, 3.63) is 40.9 Å². The van der Waals surface area contributed by atoms with E-state index in [4.69, 9.17) is 12.2 Å². The van der Waals surface area contributed by atoms with Crippen LogP contribution in [0, 0.1) is 0 Å². The Hall–Kier alpha value is -1.18. The van der Waals surface area contributed by atoms with E-state index in [1.165, 1.54) is 11.8 Å². The molecular weight excluding hydrogens is 358 g/mol. The quantitative estimate of drug-likeness (QED) is 0.505. The van der Waals surface area contributed by atoms with Crippen molar-refractivity contribution in [3.8, 4) is 0 Å². The molecule has 104 valence electrons. The van der Waals surface area contributed by atoms with E-state index in [0.717, 1.165) is 15.7 Å². The molecule has 7 heteroatoms. The van der Waals surface area contributed by atoms with Crippen LogP contribution in [0.2, 0.25) is 0 Å². The van der Waals surface area contributed by atoms with E-state index in [0.29, 0.717) is 16.6 Å². The molecule has 0 spiro atoms. The van der Waals surface area contributed by atoms with Gasteiger partial charge in [-0.15, -0.1) is 6.58 Å². The second-order valence-corrected chi connectivity index (χ2v) is 6.33. The van der Waals surface area contributed by atoms with Gasteiger partial charge in [-0.1, -0.05) is 46.0 Å². The van der Waals surface area contributed by atoms with Crippen LogP contribution >= 0.6 is 39.9 Å². The average Bonchev–Trinajstić information content (AvgIpc) is 2.69. The van der Waals surface area contributed by atoms with Crippen molar-refractivity contribution in [2.75, 3.05) is 17.7 Å². The summed E-state index contributed by atoms with van der Waals surface area (Å²) in [7, 11) is 0. The fourth-order valence-corrected chi connectivity index (χ4v) is 2.39. The van der Waals surface area contributed by atoms with Crippen molar-refractivity contribution in [1.82, 2.24) is 5.43 Å². The predicted octanol–water partition coefficient (Wildman–Crippen LogP) is 2.92. The van der Waals surface area contributed by atoms with Gasteiger partial charge in [-0.25, -0.2) is 0 Å². The van der Waals surface area contributed by atoms with Crippen LogP contribution < -0.4 is 10.3 Å². The molecule has 1 aliphatic heterocycles. The maximum Gasteiger partial charge on any atom is 0.279 e. The number of halogens is 1. The number of thioether (sulfide) groups is 1. The molecule has 0 saturated heterocycles. The average molecular weight is 370 g/mol. The van der Waals surface area contributed by atoms with Crippen LogP contribution in [0.3, 0.4) is 0 Å². The van der Waals surface area contributed by atoms with Gasteiger partial charge in [0.05, 0.1) is 5.69 Å². The summed E-state index contributed by atoms with van der Waals surface area (Å²) in [5.41, 5.74) is 4.69. The van der Waals surface area contributed by atoms with E-state index >= 15 is 0 Å². The Bertz CT molecular complexity index is 616. The molecule has 1 heterocycles. The second kappa shape index (κ2) is 6.51. The number of fused-ring (bicyclic) bond motifs is 1. The normalized spacial score (nSPS) is 15.4. The highest BCUT2D eigenvalue weighted by Gasteiger charge is 2.33. The highest BCUT2D eigenvalue weighted by atomic mass is 79.9. The third-order valence-electron chi connectivity index (χ3n) is 2.71. The number of nitrogens with zero attached hydrogens (tertiary/aromatic N) is 2. The summed E-state index contributed by atoms with van der Waals surface area (Å²) in [5.74, 6) is -0.158. The van der Waals surface area contributed by atoms with Crippen LogP contribution in [0.4, 0.5) is 5.69 Å². The molecule has 0 saturated carbocycles. The first-order valence-corrected chi connectivity index (χ1v) is 8.15. The van der Waals surface area contributed by atoms with Gasteiger partial charge in [0.2, 0.25) is 0 Å². The zero-order chi connectivity index (χ0) is 14.7. The summed E-state index contributed by atoms with van der Waals surface area (Å²) in [6.07, 6.45) is 3.53. The van der Waals surface area contributed by atoms with Crippen molar-refractivity contribution >= 4 is 61.5 Å². The zero-order valence-corrected chi connectivity index (χ0v) is 13.9. The minimum absolute atomic E-state index is 0.158. The predicted molar refractivity (Wildman–Crippen MR) is 92.5 cm³/mol. The molecular formula is C13H12BrN3OS2. The SMILES string of the molecule is C=CCN1C(=O)C(=NNC(=S)SC)c2cc(Br)ccc21. The fourth-order valence-electron chi connectivity index (χ4n) is 1.85. The number of anilines is 1. The highest BCUT2D eigenvalue weighted by Crippen LogP contribution is 2.31. The van der Waals surface area contributed by atoms with Gasteiger partial charge >= 0.3 is 0 Å². The van der Waals surface area contributed by atoms with Gasteiger partial charge in [0.1, 0.15) is 0 Å². The zero-order valence-electron chi connectivity index (χ0n) is 10.7. The molecule has 0 radical (unpaired) electrons. The number of carbonyl (C=O) groups excluding carboxylic acids is 1. The van der Waals surface area contributed by atoms with Crippen molar-refractivity contribution in [3.63, 3.8) is 0 Å². The molecule has 2 rings (SSSR count). The van der Waals surface area contributed by atoms with Crippen molar-refractivity contribution < 1.29 is 4.79 Å². The molecule has 0 aliphatic carbocycles. The third kappa shape index (κ3) is 2.94. The summed E-state index contributed by atoms with van der Waals surface area (Å²) in [6.45, 7) is 4.12. The Balaban J connectivity index is 2.44. The molecule has 1 aliphatic rings.